The fourth-order valence-electron chi connectivity index (χ4n) is 10.9. The molecule has 2 aromatic heterocycles. The van der Waals surface area contributed by atoms with Crippen LogP contribution in [0.2, 0.25) is 0 Å². The van der Waals surface area contributed by atoms with Gasteiger partial charge in [-0.3, -0.25) is 0 Å². The van der Waals surface area contributed by atoms with E-state index in [2.05, 4.69) is 195 Å². The molecule has 7 aromatic rings. The fraction of sp³-hybridized carbons (Fsp3) is 0.283. The molecule has 306 valence electrons. The van der Waals surface area contributed by atoms with Crippen molar-refractivity contribution >= 4 is 46.0 Å². The highest BCUT2D eigenvalue weighted by Crippen LogP contribution is 2.63. The lowest BCUT2D eigenvalue weighted by Crippen LogP contribution is -2.65. The van der Waals surface area contributed by atoms with Gasteiger partial charge in [0.15, 0.2) is 23.3 Å². The Bertz CT molecular complexity index is 2680. The quantitative estimate of drug-likeness (QED) is 0.143. The van der Waals surface area contributed by atoms with Crippen molar-refractivity contribution < 1.29 is 0 Å². The summed E-state index contributed by atoms with van der Waals surface area (Å²) in [5, 5.41) is 0. The van der Waals surface area contributed by atoms with Crippen LogP contribution < -0.4 is 19.6 Å². The molecule has 3 atom stereocenters. The number of nitrogens with zero attached hydrogens (tertiary/aromatic N) is 8. The van der Waals surface area contributed by atoms with Gasteiger partial charge in [-0.2, -0.15) is 0 Å². The van der Waals surface area contributed by atoms with Crippen molar-refractivity contribution in [1.82, 2.24) is 19.9 Å². The second-order valence-corrected chi connectivity index (χ2v) is 17.4. The molecule has 3 aliphatic rings. The molecule has 0 fully saturated rings. The van der Waals surface area contributed by atoms with Crippen LogP contribution in [-0.4, -0.2) is 32.3 Å². The molecule has 0 aliphatic carbocycles. The van der Waals surface area contributed by atoms with Gasteiger partial charge in [0.1, 0.15) is 12.3 Å². The highest BCUT2D eigenvalue weighted by molar-refractivity contribution is 5.90. The number of fused-ring (bicyclic) bond motifs is 6. The van der Waals surface area contributed by atoms with E-state index in [9.17, 15) is 0 Å². The maximum atomic E-state index is 5.81. The zero-order chi connectivity index (χ0) is 42.0. The standard InChI is InChI=1S/C53H54N8/c1-8-53(9-2)41-28-17-19-30-44(41)61-50-49(56-33-42(57-50)45-39(34(3)4)26-20-27-40(45)35(5)6)59(38-24-14-11-15-25-38)52(61)46(53)51-58(37-22-12-10-13-23-37)47-48(55-32-31-54-47)60(51)43-29-18-16-21-36(43)7/h10-35,46,51-52H,8-9H2,1-7H3. The van der Waals surface area contributed by atoms with Crippen LogP contribution >= 0.6 is 0 Å². The monoisotopic (exact) mass is 802 g/mol. The number of hydrogen-bond acceptors (Lipinski definition) is 8. The van der Waals surface area contributed by atoms with Crippen molar-refractivity contribution in [3.05, 3.63) is 168 Å². The van der Waals surface area contributed by atoms with Crippen LogP contribution in [-0.2, 0) is 5.41 Å². The number of aryl methyl sites for hydroxylation is 1. The van der Waals surface area contributed by atoms with Gasteiger partial charge in [0.2, 0.25) is 0 Å². The molecular weight excluding hydrogens is 749 g/mol. The van der Waals surface area contributed by atoms with Gasteiger partial charge in [-0.1, -0.05) is 133 Å². The van der Waals surface area contributed by atoms with E-state index < -0.39 is 0 Å². The normalized spacial score (nSPS) is 18.7. The van der Waals surface area contributed by atoms with Gasteiger partial charge in [-0.25, -0.2) is 19.9 Å². The molecule has 61 heavy (non-hydrogen) atoms. The number of benzene rings is 5. The average molecular weight is 803 g/mol. The first kappa shape index (κ1) is 38.6. The number of aromatic nitrogens is 4. The van der Waals surface area contributed by atoms with E-state index in [1.807, 2.05) is 18.6 Å². The van der Waals surface area contributed by atoms with Crippen LogP contribution in [0.25, 0.3) is 11.3 Å². The van der Waals surface area contributed by atoms with Gasteiger partial charge in [-0.15, -0.1) is 0 Å². The topological polar surface area (TPSA) is 64.5 Å². The molecule has 5 heterocycles. The lowest BCUT2D eigenvalue weighted by molar-refractivity contribution is 0.171. The Morgan fingerprint density at radius 3 is 1.57 bits per heavy atom. The molecular formula is C53H54N8. The molecule has 3 aliphatic heterocycles. The molecule has 8 heteroatoms. The molecule has 0 spiro atoms. The third-order valence-corrected chi connectivity index (χ3v) is 13.7. The summed E-state index contributed by atoms with van der Waals surface area (Å²) in [7, 11) is 0. The van der Waals surface area contributed by atoms with Gasteiger partial charge < -0.3 is 19.6 Å². The molecule has 0 N–H and O–H groups in total. The summed E-state index contributed by atoms with van der Waals surface area (Å²) in [4.78, 5) is 31.7. The minimum Gasteiger partial charge on any atom is -0.301 e. The zero-order valence-corrected chi connectivity index (χ0v) is 36.2. The molecule has 0 saturated heterocycles. The maximum Gasteiger partial charge on any atom is 0.179 e. The molecule has 0 saturated carbocycles. The first-order valence-electron chi connectivity index (χ1n) is 22.0. The van der Waals surface area contributed by atoms with Crippen molar-refractivity contribution in [2.75, 3.05) is 19.6 Å². The molecule has 8 nitrogen and oxygen atoms in total. The van der Waals surface area contributed by atoms with Gasteiger partial charge in [0.05, 0.1) is 11.9 Å². The number of anilines is 8. The van der Waals surface area contributed by atoms with E-state index in [0.29, 0.717) is 11.8 Å². The minimum absolute atomic E-state index is 0.0953. The minimum atomic E-state index is -0.314. The van der Waals surface area contributed by atoms with Crippen LogP contribution in [0.1, 0.15) is 88.5 Å². The van der Waals surface area contributed by atoms with Crippen LogP contribution in [0, 0.1) is 12.8 Å². The first-order chi connectivity index (χ1) is 29.8. The lowest BCUT2D eigenvalue weighted by atomic mass is 9.61. The molecule has 3 unspecified atom stereocenters. The van der Waals surface area contributed by atoms with E-state index in [1.54, 1.807) is 0 Å². The average Bonchev–Trinajstić information content (AvgIpc) is 3.82. The summed E-state index contributed by atoms with van der Waals surface area (Å²) >= 11 is 0. The summed E-state index contributed by atoms with van der Waals surface area (Å²) in [6, 6.07) is 46.2. The third kappa shape index (κ3) is 5.86. The second kappa shape index (κ2) is 15.2. The van der Waals surface area contributed by atoms with Gasteiger partial charge in [0, 0.05) is 52.0 Å². The van der Waals surface area contributed by atoms with E-state index in [1.165, 1.54) is 33.5 Å². The maximum absolute atomic E-state index is 5.81. The molecule has 0 bridgehead atoms. The molecule has 0 amide bonds. The molecule has 0 radical (unpaired) electrons. The summed E-state index contributed by atoms with van der Waals surface area (Å²) in [6.07, 6.45) is 7.02. The van der Waals surface area contributed by atoms with E-state index in [-0.39, 0.29) is 23.7 Å². The van der Waals surface area contributed by atoms with Crippen molar-refractivity contribution in [1.29, 1.82) is 0 Å². The molecule has 10 rings (SSSR count). The highest BCUT2D eigenvalue weighted by Gasteiger charge is 2.63. The Kier molecular flexibility index (Phi) is 9.62. The van der Waals surface area contributed by atoms with Crippen LogP contribution in [0.5, 0.6) is 0 Å². The van der Waals surface area contributed by atoms with Gasteiger partial charge in [0.25, 0.3) is 0 Å². The second-order valence-electron chi connectivity index (χ2n) is 17.4. The summed E-state index contributed by atoms with van der Waals surface area (Å²) in [6.45, 7) is 16.1. The first-order valence-corrected chi connectivity index (χ1v) is 22.0. The van der Waals surface area contributed by atoms with Crippen LogP contribution in [0.3, 0.4) is 0 Å². The molecule has 5 aromatic carbocycles. The van der Waals surface area contributed by atoms with E-state index >= 15 is 0 Å². The van der Waals surface area contributed by atoms with Crippen molar-refractivity contribution in [3.8, 4) is 11.3 Å². The predicted octanol–water partition coefficient (Wildman–Crippen LogP) is 13.1. The zero-order valence-electron chi connectivity index (χ0n) is 36.2. The van der Waals surface area contributed by atoms with Crippen molar-refractivity contribution in [3.63, 3.8) is 0 Å². The number of rotatable bonds is 9. The predicted molar refractivity (Wildman–Crippen MR) is 250 cm³/mol. The van der Waals surface area contributed by atoms with Gasteiger partial charge >= 0.3 is 0 Å². The Morgan fingerprint density at radius 2 is 1.02 bits per heavy atom. The van der Waals surface area contributed by atoms with Crippen LogP contribution in [0.15, 0.2) is 146 Å². The third-order valence-electron chi connectivity index (χ3n) is 13.7. The Balaban J connectivity index is 1.31. The van der Waals surface area contributed by atoms with Crippen LogP contribution in [0.4, 0.5) is 46.0 Å². The summed E-state index contributed by atoms with van der Waals surface area (Å²) in [5.41, 5.74) is 11.3. The fourth-order valence-corrected chi connectivity index (χ4v) is 10.9. The van der Waals surface area contributed by atoms with E-state index in [4.69, 9.17) is 19.9 Å². The Morgan fingerprint density at radius 1 is 0.525 bits per heavy atom. The lowest BCUT2D eigenvalue weighted by Gasteiger charge is -2.57. The van der Waals surface area contributed by atoms with Gasteiger partial charge in [-0.05, 0) is 90.3 Å². The number of para-hydroxylation sites is 4. The Hall–Kier alpha value is -6.54. The SMILES string of the molecule is CCC1(CC)c2ccccc2N2c3nc(-c4c(C(C)C)cccc4C(C)C)cnc3N(c3ccccc3)C2C1C1N(c2ccccc2)c2nccnc2N1c1ccccc1C. The van der Waals surface area contributed by atoms with Crippen molar-refractivity contribution in [2.45, 2.75) is 90.9 Å². The summed E-state index contributed by atoms with van der Waals surface area (Å²) < 4.78 is 0. The largest absolute Gasteiger partial charge is 0.301 e. The Labute approximate surface area is 360 Å². The smallest absolute Gasteiger partial charge is 0.179 e. The van der Waals surface area contributed by atoms with E-state index in [0.717, 1.165) is 58.9 Å². The highest BCUT2D eigenvalue weighted by atomic mass is 15.5. The van der Waals surface area contributed by atoms with Crippen molar-refractivity contribution in [2.24, 2.45) is 5.92 Å². The summed E-state index contributed by atoms with van der Waals surface area (Å²) in [5.74, 6) is 3.96. The number of hydrogen-bond donors (Lipinski definition) is 0.